The number of aromatic nitrogens is 4. The summed E-state index contributed by atoms with van der Waals surface area (Å²) in [5.74, 6) is 1.31. The van der Waals surface area contributed by atoms with E-state index in [2.05, 4.69) is 15.2 Å². The van der Waals surface area contributed by atoms with Crippen LogP contribution in [0.3, 0.4) is 0 Å². The zero-order valence-electron chi connectivity index (χ0n) is 16.6. The first-order valence-corrected chi connectivity index (χ1v) is 9.94. The second kappa shape index (κ2) is 7.05. The van der Waals surface area contributed by atoms with Crippen molar-refractivity contribution in [2.24, 2.45) is 0 Å². The number of carbonyl (C=O) groups is 1. The Kier molecular flexibility index (Phi) is 4.34. The molecule has 0 saturated carbocycles. The molecule has 3 aromatic rings. The monoisotopic (exact) mass is 403 g/mol. The topological polar surface area (TPSA) is 90.2 Å². The largest absolute Gasteiger partial charge is 0.497 e. The van der Waals surface area contributed by atoms with Crippen LogP contribution in [0.1, 0.15) is 29.2 Å². The minimum Gasteiger partial charge on any atom is -0.497 e. The standard InChI is InChI=1S/C22H21N5O3/c1-30-16-7-5-15(6-8-16)18-20(29)27-13-10-22(21(27)25-24-18)9-12-26(14-22)19(28)17-4-2-3-11-23-17/h2-8,11H,9-10,12-14H2,1H3/t22-/m1/s1. The third-order valence-corrected chi connectivity index (χ3v) is 6.12. The second-order valence-electron chi connectivity index (χ2n) is 7.78. The van der Waals surface area contributed by atoms with Gasteiger partial charge in [-0.2, -0.15) is 0 Å². The predicted octanol–water partition coefficient (Wildman–Crippen LogP) is 1.90. The van der Waals surface area contributed by atoms with E-state index >= 15 is 0 Å². The summed E-state index contributed by atoms with van der Waals surface area (Å²) >= 11 is 0. The molecule has 4 heterocycles. The van der Waals surface area contributed by atoms with Crippen LogP contribution in [0.4, 0.5) is 0 Å². The second-order valence-corrected chi connectivity index (χ2v) is 7.78. The van der Waals surface area contributed by atoms with Crippen molar-refractivity contribution in [2.75, 3.05) is 20.2 Å². The van der Waals surface area contributed by atoms with Gasteiger partial charge in [0, 0.05) is 31.4 Å². The van der Waals surface area contributed by atoms with Crippen molar-refractivity contribution >= 4 is 5.91 Å². The summed E-state index contributed by atoms with van der Waals surface area (Å²) < 4.78 is 6.90. The van der Waals surface area contributed by atoms with Gasteiger partial charge in [0.05, 0.1) is 12.5 Å². The van der Waals surface area contributed by atoms with E-state index in [1.165, 1.54) is 0 Å². The number of amides is 1. The van der Waals surface area contributed by atoms with E-state index in [1.54, 1.807) is 42.1 Å². The van der Waals surface area contributed by atoms with Gasteiger partial charge in [0.1, 0.15) is 17.3 Å². The smallest absolute Gasteiger partial charge is 0.280 e. The molecule has 1 amide bonds. The van der Waals surface area contributed by atoms with E-state index in [1.807, 2.05) is 23.1 Å². The van der Waals surface area contributed by atoms with Gasteiger partial charge in [0.15, 0.2) is 5.69 Å². The number of fused-ring (bicyclic) bond motifs is 2. The van der Waals surface area contributed by atoms with Crippen molar-refractivity contribution in [3.8, 4) is 17.0 Å². The summed E-state index contributed by atoms with van der Waals surface area (Å²) in [5.41, 5.74) is 1.01. The summed E-state index contributed by atoms with van der Waals surface area (Å²) in [6.45, 7) is 1.72. The Morgan fingerprint density at radius 2 is 1.87 bits per heavy atom. The number of nitrogens with zero attached hydrogens (tertiary/aromatic N) is 5. The first-order chi connectivity index (χ1) is 14.6. The van der Waals surface area contributed by atoms with Gasteiger partial charge >= 0.3 is 0 Å². The normalized spacial score (nSPS) is 19.8. The van der Waals surface area contributed by atoms with E-state index in [4.69, 9.17) is 4.74 Å². The van der Waals surface area contributed by atoms with Crippen LogP contribution in [0.2, 0.25) is 0 Å². The van der Waals surface area contributed by atoms with Gasteiger partial charge < -0.3 is 9.64 Å². The lowest BCUT2D eigenvalue weighted by Crippen LogP contribution is -2.35. The Bertz CT molecular complexity index is 1160. The fourth-order valence-corrected chi connectivity index (χ4v) is 4.47. The molecule has 8 nitrogen and oxygen atoms in total. The van der Waals surface area contributed by atoms with Gasteiger partial charge in [-0.05, 0) is 49.2 Å². The van der Waals surface area contributed by atoms with E-state index in [0.29, 0.717) is 42.4 Å². The van der Waals surface area contributed by atoms with Crippen LogP contribution in [0.25, 0.3) is 11.3 Å². The number of hydrogen-bond acceptors (Lipinski definition) is 6. The van der Waals surface area contributed by atoms with E-state index < -0.39 is 0 Å². The van der Waals surface area contributed by atoms with Gasteiger partial charge in [-0.25, -0.2) is 0 Å². The van der Waals surface area contributed by atoms with Gasteiger partial charge in [-0.15, -0.1) is 10.2 Å². The summed E-state index contributed by atoms with van der Waals surface area (Å²) in [5, 5.41) is 8.75. The molecule has 2 aliphatic heterocycles. The highest BCUT2D eigenvalue weighted by molar-refractivity contribution is 5.92. The van der Waals surface area contributed by atoms with Crippen molar-refractivity contribution < 1.29 is 9.53 Å². The fourth-order valence-electron chi connectivity index (χ4n) is 4.47. The first-order valence-electron chi connectivity index (χ1n) is 9.94. The molecule has 2 aliphatic rings. The maximum absolute atomic E-state index is 13.1. The van der Waals surface area contributed by atoms with Crippen molar-refractivity contribution in [3.05, 3.63) is 70.5 Å². The van der Waals surface area contributed by atoms with Crippen LogP contribution in [-0.4, -0.2) is 50.8 Å². The van der Waals surface area contributed by atoms with Crippen LogP contribution in [0.15, 0.2) is 53.5 Å². The molecule has 1 saturated heterocycles. The van der Waals surface area contributed by atoms with Crippen LogP contribution in [0.5, 0.6) is 5.75 Å². The Labute approximate surface area is 173 Å². The van der Waals surface area contributed by atoms with Crippen molar-refractivity contribution in [1.82, 2.24) is 24.6 Å². The summed E-state index contributed by atoms with van der Waals surface area (Å²) in [4.78, 5) is 31.9. The lowest BCUT2D eigenvalue weighted by molar-refractivity contribution is 0.0777. The summed E-state index contributed by atoms with van der Waals surface area (Å²) in [7, 11) is 1.60. The molecule has 0 unspecified atom stereocenters. The molecule has 0 radical (unpaired) electrons. The van der Waals surface area contributed by atoms with Gasteiger partial charge in [0.25, 0.3) is 11.5 Å². The van der Waals surface area contributed by atoms with E-state index in [0.717, 1.165) is 18.6 Å². The molecule has 0 aliphatic carbocycles. The average Bonchev–Trinajstić information content (AvgIpc) is 3.39. The average molecular weight is 403 g/mol. The third-order valence-electron chi connectivity index (χ3n) is 6.12. The number of likely N-dealkylation sites (tertiary alicyclic amines) is 1. The fraction of sp³-hybridized carbons (Fsp3) is 0.318. The van der Waals surface area contributed by atoms with Crippen LogP contribution >= 0.6 is 0 Å². The molecule has 1 aromatic carbocycles. The molecular weight excluding hydrogens is 382 g/mol. The third kappa shape index (κ3) is 2.87. The molecule has 1 atom stereocenters. The van der Waals surface area contributed by atoms with Gasteiger partial charge in [-0.3, -0.25) is 19.1 Å². The molecule has 1 fully saturated rings. The minimum atomic E-state index is -0.324. The Morgan fingerprint density at radius 3 is 2.60 bits per heavy atom. The number of ether oxygens (including phenoxy) is 1. The highest BCUT2D eigenvalue weighted by Gasteiger charge is 2.48. The van der Waals surface area contributed by atoms with Gasteiger partial charge in [-0.1, -0.05) is 6.07 Å². The first kappa shape index (κ1) is 18.5. The molecule has 2 aromatic heterocycles. The number of pyridine rings is 1. The molecule has 152 valence electrons. The highest BCUT2D eigenvalue weighted by atomic mass is 16.5. The number of methoxy groups -OCH3 is 1. The van der Waals surface area contributed by atoms with E-state index in [9.17, 15) is 9.59 Å². The van der Waals surface area contributed by atoms with Crippen LogP contribution in [0, 0.1) is 0 Å². The SMILES string of the molecule is COc1ccc(-c2nnc3n(c2=O)CC[C@@]32CCN(C(=O)c3ccccn3)C2)cc1. The summed E-state index contributed by atoms with van der Waals surface area (Å²) in [6.07, 6.45) is 3.16. The molecule has 0 bridgehead atoms. The van der Waals surface area contributed by atoms with Crippen molar-refractivity contribution in [2.45, 2.75) is 24.8 Å². The molecule has 8 heteroatoms. The van der Waals surface area contributed by atoms with Crippen molar-refractivity contribution in [1.29, 1.82) is 0 Å². The highest BCUT2D eigenvalue weighted by Crippen LogP contribution is 2.41. The molecular formula is C22H21N5O3. The molecule has 1 spiro atoms. The van der Waals surface area contributed by atoms with Crippen LogP contribution in [-0.2, 0) is 12.0 Å². The zero-order valence-corrected chi connectivity index (χ0v) is 16.6. The minimum absolute atomic E-state index is 0.0870. The summed E-state index contributed by atoms with van der Waals surface area (Å²) in [6, 6.07) is 12.5. The Balaban J connectivity index is 1.44. The number of benzene rings is 1. The van der Waals surface area contributed by atoms with Crippen LogP contribution < -0.4 is 10.3 Å². The lowest BCUT2D eigenvalue weighted by atomic mass is 9.85. The maximum Gasteiger partial charge on any atom is 0.280 e. The molecule has 0 N–H and O–H groups in total. The number of rotatable bonds is 3. The van der Waals surface area contributed by atoms with E-state index in [-0.39, 0.29) is 16.9 Å². The Morgan fingerprint density at radius 1 is 1.07 bits per heavy atom. The quantitative estimate of drug-likeness (QED) is 0.663. The predicted molar refractivity (Wildman–Crippen MR) is 109 cm³/mol. The van der Waals surface area contributed by atoms with Gasteiger partial charge in [0.2, 0.25) is 0 Å². The number of carbonyl (C=O) groups excluding carboxylic acids is 1. The number of hydrogen-bond donors (Lipinski definition) is 0. The zero-order chi connectivity index (χ0) is 20.7. The lowest BCUT2D eigenvalue weighted by Gasteiger charge is -2.22. The maximum atomic E-state index is 13.1. The molecule has 30 heavy (non-hydrogen) atoms. The molecule has 5 rings (SSSR count). The van der Waals surface area contributed by atoms with Crippen molar-refractivity contribution in [3.63, 3.8) is 0 Å². The Hall–Kier alpha value is -3.55.